The van der Waals surface area contributed by atoms with Gasteiger partial charge in [0.05, 0.1) is 4.90 Å². The molecule has 0 saturated carbocycles. The molecule has 2 amide bonds. The minimum atomic E-state index is -3.74. The van der Waals surface area contributed by atoms with Crippen LogP contribution in [0.4, 0.5) is 14.9 Å². The molecule has 0 aromatic heterocycles. The zero-order valence-electron chi connectivity index (χ0n) is 16.7. The van der Waals surface area contributed by atoms with Gasteiger partial charge in [-0.25, -0.2) is 17.6 Å². The summed E-state index contributed by atoms with van der Waals surface area (Å²) in [6.07, 6.45) is 2.92. The first-order chi connectivity index (χ1) is 14.3. The molecule has 9 heteroatoms. The number of rotatable bonds is 6. The van der Waals surface area contributed by atoms with Crippen LogP contribution in [-0.4, -0.2) is 37.9 Å². The van der Waals surface area contributed by atoms with Crippen LogP contribution < -0.4 is 10.6 Å². The molecule has 0 radical (unpaired) electrons. The first-order valence-corrected chi connectivity index (χ1v) is 11.7. The van der Waals surface area contributed by atoms with Crippen LogP contribution in [0.25, 0.3) is 0 Å². The maximum atomic E-state index is 13.4. The fraction of sp³-hybridized carbons (Fsp3) is 0.381. The number of piperidine rings is 1. The number of hydrogen-bond donors (Lipinski definition) is 2. The van der Waals surface area contributed by atoms with Crippen molar-refractivity contribution in [1.29, 1.82) is 0 Å². The maximum Gasteiger partial charge on any atom is 0.319 e. The Balaban J connectivity index is 1.61. The van der Waals surface area contributed by atoms with Crippen molar-refractivity contribution < 1.29 is 17.6 Å². The second-order valence-corrected chi connectivity index (χ2v) is 9.65. The van der Waals surface area contributed by atoms with E-state index in [1.165, 1.54) is 22.5 Å². The predicted octanol–water partition coefficient (Wildman–Crippen LogP) is 4.54. The standard InChI is InChI=1S/C21H25ClFN3O3S/c1-15-14-17(23)7-10-20(15)30(28,29)26-13-3-2-4-19(26)11-12-24-21(27)25-18-8-5-16(22)6-9-18/h5-10,14,19H,2-4,11-13H2,1H3,(H2,24,25,27). The fourth-order valence-electron chi connectivity index (χ4n) is 3.67. The number of benzene rings is 2. The van der Waals surface area contributed by atoms with Gasteiger partial charge >= 0.3 is 6.03 Å². The number of carbonyl (C=O) groups excluding carboxylic acids is 1. The SMILES string of the molecule is Cc1cc(F)ccc1S(=O)(=O)N1CCCCC1CCNC(=O)Nc1ccc(Cl)cc1. The van der Waals surface area contributed by atoms with Gasteiger partial charge in [-0.15, -0.1) is 0 Å². The van der Waals surface area contributed by atoms with Gasteiger partial charge in [-0.3, -0.25) is 0 Å². The molecule has 1 fully saturated rings. The van der Waals surface area contributed by atoms with E-state index in [0.29, 0.717) is 35.8 Å². The molecule has 1 saturated heterocycles. The highest BCUT2D eigenvalue weighted by molar-refractivity contribution is 7.89. The molecule has 30 heavy (non-hydrogen) atoms. The molecule has 3 rings (SSSR count). The predicted molar refractivity (Wildman–Crippen MR) is 116 cm³/mol. The lowest BCUT2D eigenvalue weighted by molar-refractivity contribution is 0.234. The molecule has 0 spiro atoms. The van der Waals surface area contributed by atoms with Gasteiger partial charge in [0.15, 0.2) is 0 Å². The molecule has 1 heterocycles. The van der Waals surface area contributed by atoms with Crippen LogP contribution in [0, 0.1) is 12.7 Å². The summed E-state index contributed by atoms with van der Waals surface area (Å²) in [7, 11) is -3.74. The quantitative estimate of drug-likeness (QED) is 0.673. The lowest BCUT2D eigenvalue weighted by Gasteiger charge is -2.35. The molecule has 1 aliphatic rings. The van der Waals surface area contributed by atoms with E-state index >= 15 is 0 Å². The van der Waals surface area contributed by atoms with E-state index < -0.39 is 15.8 Å². The summed E-state index contributed by atoms with van der Waals surface area (Å²) in [5, 5.41) is 6.06. The highest BCUT2D eigenvalue weighted by atomic mass is 35.5. The zero-order valence-corrected chi connectivity index (χ0v) is 18.3. The van der Waals surface area contributed by atoms with Gasteiger partial charge in [0.25, 0.3) is 0 Å². The molecule has 0 bridgehead atoms. The molecule has 6 nitrogen and oxygen atoms in total. The molecular formula is C21H25ClFN3O3S. The van der Waals surface area contributed by atoms with Crippen molar-refractivity contribution in [1.82, 2.24) is 9.62 Å². The average Bonchev–Trinajstić information content (AvgIpc) is 2.70. The number of carbonyl (C=O) groups is 1. The second-order valence-electron chi connectivity index (χ2n) is 7.35. The third kappa shape index (κ3) is 5.50. The smallest absolute Gasteiger partial charge is 0.319 e. The molecule has 2 N–H and O–H groups in total. The van der Waals surface area contributed by atoms with Crippen molar-refractivity contribution in [3.05, 3.63) is 58.9 Å². The topological polar surface area (TPSA) is 78.5 Å². The maximum absolute atomic E-state index is 13.4. The summed E-state index contributed by atoms with van der Waals surface area (Å²) in [6.45, 7) is 2.34. The van der Waals surface area contributed by atoms with Crippen molar-refractivity contribution in [2.24, 2.45) is 0 Å². The normalized spacial score (nSPS) is 17.5. The molecule has 1 unspecified atom stereocenters. The van der Waals surface area contributed by atoms with E-state index in [2.05, 4.69) is 10.6 Å². The van der Waals surface area contributed by atoms with Gasteiger partial charge in [-0.2, -0.15) is 4.31 Å². The lowest BCUT2D eigenvalue weighted by Crippen LogP contribution is -2.45. The molecule has 1 aliphatic heterocycles. The van der Waals surface area contributed by atoms with Crippen LogP contribution >= 0.6 is 11.6 Å². The summed E-state index contributed by atoms with van der Waals surface area (Å²) < 4.78 is 41.3. The highest BCUT2D eigenvalue weighted by Crippen LogP contribution is 2.28. The lowest BCUT2D eigenvalue weighted by atomic mass is 10.0. The molecule has 1 atom stereocenters. The van der Waals surface area contributed by atoms with E-state index in [9.17, 15) is 17.6 Å². The van der Waals surface area contributed by atoms with Crippen molar-refractivity contribution in [2.75, 3.05) is 18.4 Å². The van der Waals surface area contributed by atoms with Gasteiger partial charge in [-0.1, -0.05) is 18.0 Å². The van der Waals surface area contributed by atoms with E-state index in [0.717, 1.165) is 19.3 Å². The summed E-state index contributed by atoms with van der Waals surface area (Å²) in [6, 6.07) is 9.89. The summed E-state index contributed by atoms with van der Waals surface area (Å²) in [4.78, 5) is 12.2. The Kier molecular flexibility index (Phi) is 7.33. The Morgan fingerprint density at radius 2 is 1.93 bits per heavy atom. The summed E-state index contributed by atoms with van der Waals surface area (Å²) >= 11 is 5.83. The summed E-state index contributed by atoms with van der Waals surface area (Å²) in [5.41, 5.74) is 1.00. The van der Waals surface area contributed by atoms with E-state index in [4.69, 9.17) is 11.6 Å². The number of nitrogens with zero attached hydrogens (tertiary/aromatic N) is 1. The van der Waals surface area contributed by atoms with Crippen molar-refractivity contribution in [3.8, 4) is 0 Å². The first-order valence-electron chi connectivity index (χ1n) is 9.86. The third-order valence-corrected chi connectivity index (χ3v) is 7.53. The van der Waals surface area contributed by atoms with Crippen molar-refractivity contribution in [3.63, 3.8) is 0 Å². The van der Waals surface area contributed by atoms with Gasteiger partial charge in [0.2, 0.25) is 10.0 Å². The third-order valence-electron chi connectivity index (χ3n) is 5.16. The number of sulfonamides is 1. The number of urea groups is 1. The van der Waals surface area contributed by atoms with Gasteiger partial charge in [0.1, 0.15) is 5.82 Å². The first kappa shape index (κ1) is 22.5. The molecule has 0 aliphatic carbocycles. The van der Waals surface area contributed by atoms with Crippen LogP contribution in [-0.2, 0) is 10.0 Å². The van der Waals surface area contributed by atoms with Gasteiger partial charge < -0.3 is 10.6 Å². The second kappa shape index (κ2) is 9.76. The molecule has 2 aromatic carbocycles. The van der Waals surface area contributed by atoms with E-state index in [1.807, 2.05) is 0 Å². The molecule has 2 aromatic rings. The minimum absolute atomic E-state index is 0.129. The minimum Gasteiger partial charge on any atom is -0.338 e. The van der Waals surface area contributed by atoms with E-state index in [1.54, 1.807) is 31.2 Å². The number of amides is 2. The number of aryl methyl sites for hydroxylation is 1. The Hall–Kier alpha value is -2.16. The van der Waals surface area contributed by atoms with Crippen LogP contribution in [0.15, 0.2) is 47.4 Å². The summed E-state index contributed by atoms with van der Waals surface area (Å²) in [5.74, 6) is -0.461. The number of nitrogens with one attached hydrogen (secondary N) is 2. The highest BCUT2D eigenvalue weighted by Gasteiger charge is 2.34. The van der Waals surface area contributed by atoms with Crippen LogP contribution in [0.3, 0.4) is 0 Å². The largest absolute Gasteiger partial charge is 0.338 e. The average molecular weight is 454 g/mol. The van der Waals surface area contributed by atoms with Crippen LogP contribution in [0.1, 0.15) is 31.2 Å². The van der Waals surface area contributed by atoms with Crippen LogP contribution in [0.5, 0.6) is 0 Å². The van der Waals surface area contributed by atoms with Crippen LogP contribution in [0.2, 0.25) is 5.02 Å². The Morgan fingerprint density at radius 1 is 1.20 bits per heavy atom. The number of halogens is 2. The molecule has 162 valence electrons. The van der Waals surface area contributed by atoms with Gasteiger partial charge in [0, 0.05) is 29.8 Å². The molecular weight excluding hydrogens is 429 g/mol. The van der Waals surface area contributed by atoms with E-state index in [-0.39, 0.29) is 17.0 Å². The van der Waals surface area contributed by atoms with Gasteiger partial charge in [-0.05, 0) is 74.2 Å². The Bertz CT molecular complexity index is 999. The number of hydrogen-bond acceptors (Lipinski definition) is 3. The monoisotopic (exact) mass is 453 g/mol. The zero-order chi connectivity index (χ0) is 21.7. The Morgan fingerprint density at radius 3 is 2.63 bits per heavy atom. The number of anilines is 1. The fourth-order valence-corrected chi connectivity index (χ4v) is 5.73. The Labute approximate surface area is 181 Å². The van der Waals surface area contributed by atoms with Crippen molar-refractivity contribution >= 4 is 33.3 Å². The van der Waals surface area contributed by atoms with Crippen molar-refractivity contribution in [2.45, 2.75) is 43.5 Å².